The van der Waals surface area contributed by atoms with Gasteiger partial charge in [-0.2, -0.15) is 0 Å². The number of aromatic amines is 2. The highest BCUT2D eigenvalue weighted by atomic mass is 14.9. The Balaban J connectivity index is 1.39. The third kappa shape index (κ3) is 2.46. The molecule has 0 fully saturated rings. The SMILES string of the molecule is C1=CCC(c2nc3ccc(-c4ccc5nc(C6=CC=CC6)[nH]c5c4)cc3[nH]2)=C1. The first-order valence-corrected chi connectivity index (χ1v) is 9.55. The average molecular weight is 362 g/mol. The number of fused-ring (bicyclic) bond motifs is 2. The van der Waals surface area contributed by atoms with Crippen LogP contribution in [0.3, 0.4) is 0 Å². The number of hydrogen-bond donors (Lipinski definition) is 2. The molecule has 2 aliphatic rings. The van der Waals surface area contributed by atoms with Crippen LogP contribution in [0, 0.1) is 0 Å². The number of hydrogen-bond acceptors (Lipinski definition) is 2. The number of imidazole rings is 2. The van der Waals surface area contributed by atoms with Crippen molar-refractivity contribution >= 4 is 33.2 Å². The van der Waals surface area contributed by atoms with E-state index in [1.54, 1.807) is 0 Å². The summed E-state index contributed by atoms with van der Waals surface area (Å²) in [5.74, 6) is 1.92. The number of allylic oxidation sites excluding steroid dienone is 8. The summed E-state index contributed by atoms with van der Waals surface area (Å²) in [5, 5.41) is 0. The van der Waals surface area contributed by atoms with Gasteiger partial charge in [0.05, 0.1) is 22.1 Å². The van der Waals surface area contributed by atoms with Crippen molar-refractivity contribution in [1.29, 1.82) is 0 Å². The molecule has 0 amide bonds. The Kier molecular flexibility index (Phi) is 3.26. The Bertz CT molecular complexity index is 1250. The highest BCUT2D eigenvalue weighted by Crippen LogP contribution is 2.30. The minimum absolute atomic E-state index is 0.942. The molecule has 0 unspecified atom stereocenters. The topological polar surface area (TPSA) is 57.4 Å². The number of H-pyrrole nitrogens is 2. The molecule has 0 bridgehead atoms. The van der Waals surface area contributed by atoms with Crippen LogP contribution in [0.2, 0.25) is 0 Å². The van der Waals surface area contributed by atoms with Crippen molar-refractivity contribution in [1.82, 2.24) is 19.9 Å². The fourth-order valence-corrected chi connectivity index (χ4v) is 3.93. The minimum Gasteiger partial charge on any atom is -0.338 e. The van der Waals surface area contributed by atoms with Crippen LogP contribution in [0.4, 0.5) is 0 Å². The number of benzene rings is 2. The van der Waals surface area contributed by atoms with Gasteiger partial charge in [0.1, 0.15) is 11.6 Å². The second-order valence-electron chi connectivity index (χ2n) is 7.28. The molecule has 2 aromatic carbocycles. The van der Waals surface area contributed by atoms with Crippen LogP contribution >= 0.6 is 0 Å². The quantitative estimate of drug-likeness (QED) is 0.484. The van der Waals surface area contributed by atoms with E-state index in [0.717, 1.165) is 46.6 Å². The van der Waals surface area contributed by atoms with Gasteiger partial charge in [-0.1, -0.05) is 48.6 Å². The zero-order valence-corrected chi connectivity index (χ0v) is 15.2. The van der Waals surface area contributed by atoms with Crippen molar-refractivity contribution in [2.24, 2.45) is 0 Å². The molecule has 0 radical (unpaired) electrons. The van der Waals surface area contributed by atoms with Gasteiger partial charge in [0.25, 0.3) is 0 Å². The molecule has 2 aliphatic carbocycles. The van der Waals surface area contributed by atoms with Gasteiger partial charge in [-0.05, 0) is 59.4 Å². The fraction of sp³-hybridized carbons (Fsp3) is 0.0833. The Hall–Kier alpha value is -3.66. The normalized spacial score (nSPS) is 15.7. The Morgan fingerprint density at radius 2 is 1.14 bits per heavy atom. The van der Waals surface area contributed by atoms with E-state index < -0.39 is 0 Å². The van der Waals surface area contributed by atoms with Gasteiger partial charge in [-0.15, -0.1) is 0 Å². The summed E-state index contributed by atoms with van der Waals surface area (Å²) in [6, 6.07) is 12.8. The Labute approximate surface area is 162 Å². The van der Waals surface area contributed by atoms with Crippen molar-refractivity contribution in [2.45, 2.75) is 12.8 Å². The summed E-state index contributed by atoms with van der Waals surface area (Å²) in [6.45, 7) is 0. The molecule has 28 heavy (non-hydrogen) atoms. The Morgan fingerprint density at radius 3 is 1.57 bits per heavy atom. The maximum atomic E-state index is 4.73. The first kappa shape index (κ1) is 15.4. The molecule has 4 aromatic rings. The van der Waals surface area contributed by atoms with Crippen LogP contribution in [-0.2, 0) is 0 Å². The van der Waals surface area contributed by atoms with Crippen molar-refractivity contribution in [3.8, 4) is 11.1 Å². The predicted octanol–water partition coefficient (Wildman–Crippen LogP) is 5.79. The summed E-state index contributed by atoms with van der Waals surface area (Å²) in [4.78, 5) is 16.4. The number of aromatic nitrogens is 4. The van der Waals surface area contributed by atoms with Gasteiger partial charge in [0, 0.05) is 0 Å². The van der Waals surface area contributed by atoms with Crippen molar-refractivity contribution in [2.75, 3.05) is 0 Å². The molecule has 4 nitrogen and oxygen atoms in total. The molecule has 0 atom stereocenters. The van der Waals surface area contributed by atoms with E-state index >= 15 is 0 Å². The third-order valence-electron chi connectivity index (χ3n) is 5.45. The van der Waals surface area contributed by atoms with Crippen molar-refractivity contribution < 1.29 is 0 Å². The molecular weight excluding hydrogens is 344 g/mol. The van der Waals surface area contributed by atoms with Gasteiger partial charge < -0.3 is 9.97 Å². The molecule has 134 valence electrons. The maximum Gasteiger partial charge on any atom is 0.134 e. The van der Waals surface area contributed by atoms with E-state index in [-0.39, 0.29) is 0 Å². The molecule has 2 N–H and O–H groups in total. The molecule has 0 saturated carbocycles. The minimum atomic E-state index is 0.942. The Morgan fingerprint density at radius 1 is 0.643 bits per heavy atom. The van der Waals surface area contributed by atoms with Crippen LogP contribution in [-0.4, -0.2) is 19.9 Å². The molecule has 4 heteroatoms. The molecule has 2 heterocycles. The smallest absolute Gasteiger partial charge is 0.134 e. The highest BCUT2D eigenvalue weighted by Gasteiger charge is 2.12. The van der Waals surface area contributed by atoms with Gasteiger partial charge in [0.2, 0.25) is 0 Å². The van der Waals surface area contributed by atoms with E-state index in [4.69, 9.17) is 9.97 Å². The molecule has 0 aliphatic heterocycles. The largest absolute Gasteiger partial charge is 0.338 e. The summed E-state index contributed by atoms with van der Waals surface area (Å²) < 4.78 is 0. The summed E-state index contributed by atoms with van der Waals surface area (Å²) in [6.07, 6.45) is 14.6. The van der Waals surface area contributed by atoms with Crippen LogP contribution in [0.1, 0.15) is 24.5 Å². The van der Waals surface area contributed by atoms with Crippen LogP contribution in [0.15, 0.2) is 72.9 Å². The lowest BCUT2D eigenvalue weighted by molar-refractivity contribution is 1.23. The fourth-order valence-electron chi connectivity index (χ4n) is 3.93. The summed E-state index contributed by atoms with van der Waals surface area (Å²) in [7, 11) is 0. The molecular formula is C24H18N4. The van der Waals surface area contributed by atoms with Gasteiger partial charge in [0.15, 0.2) is 0 Å². The van der Waals surface area contributed by atoms with Gasteiger partial charge in [-0.25, -0.2) is 9.97 Å². The molecule has 2 aromatic heterocycles. The molecule has 0 saturated heterocycles. The van der Waals surface area contributed by atoms with E-state index in [2.05, 4.69) is 82.8 Å². The van der Waals surface area contributed by atoms with Crippen molar-refractivity contribution in [3.05, 3.63) is 84.5 Å². The molecule has 6 rings (SSSR count). The van der Waals surface area contributed by atoms with E-state index in [9.17, 15) is 0 Å². The molecule has 0 spiro atoms. The summed E-state index contributed by atoms with van der Waals surface area (Å²) in [5.41, 5.74) is 8.93. The second kappa shape index (κ2) is 5.92. The van der Waals surface area contributed by atoms with E-state index in [0.29, 0.717) is 0 Å². The van der Waals surface area contributed by atoms with Crippen LogP contribution in [0.5, 0.6) is 0 Å². The lowest BCUT2D eigenvalue weighted by Crippen LogP contribution is -1.82. The van der Waals surface area contributed by atoms with E-state index in [1.165, 1.54) is 22.3 Å². The third-order valence-corrected chi connectivity index (χ3v) is 5.45. The highest BCUT2D eigenvalue weighted by molar-refractivity contribution is 5.88. The van der Waals surface area contributed by atoms with E-state index in [1.807, 2.05) is 0 Å². The van der Waals surface area contributed by atoms with Crippen LogP contribution < -0.4 is 0 Å². The van der Waals surface area contributed by atoms with Crippen molar-refractivity contribution in [3.63, 3.8) is 0 Å². The zero-order valence-electron chi connectivity index (χ0n) is 15.2. The first-order chi connectivity index (χ1) is 13.8. The zero-order chi connectivity index (χ0) is 18.5. The second-order valence-corrected chi connectivity index (χ2v) is 7.28. The van der Waals surface area contributed by atoms with Gasteiger partial charge >= 0.3 is 0 Å². The number of rotatable bonds is 3. The lowest BCUT2D eigenvalue weighted by atomic mass is 10.0. The lowest BCUT2D eigenvalue weighted by Gasteiger charge is -2.01. The van der Waals surface area contributed by atoms with Crippen LogP contribution in [0.25, 0.3) is 44.3 Å². The summed E-state index contributed by atoms with van der Waals surface area (Å²) >= 11 is 0. The average Bonchev–Trinajstić information content (AvgIpc) is 3.52. The first-order valence-electron chi connectivity index (χ1n) is 9.55. The standard InChI is InChI=1S/C24H18N4/c1-2-6-15(5-1)23-25-19-11-9-17(13-21(19)27-23)18-10-12-20-22(14-18)28-24(26-20)16-7-3-4-8-16/h1-5,7,9-14H,6,8H2,(H,25,27)(H,26,28). The van der Waals surface area contributed by atoms with Gasteiger partial charge in [-0.3, -0.25) is 0 Å². The predicted molar refractivity (Wildman–Crippen MR) is 115 cm³/mol. The number of nitrogens with zero attached hydrogens (tertiary/aromatic N) is 2. The monoisotopic (exact) mass is 362 g/mol. The number of nitrogens with one attached hydrogen (secondary N) is 2. The maximum absolute atomic E-state index is 4.73.